The summed E-state index contributed by atoms with van der Waals surface area (Å²) in [6.07, 6.45) is 8.15. The molecular formula is C31H37F2N5O5S. The summed E-state index contributed by atoms with van der Waals surface area (Å²) in [7, 11) is -3.78. The first kappa shape index (κ1) is 34.4. The maximum absolute atomic E-state index is 13.9. The van der Waals surface area contributed by atoms with Gasteiger partial charge in [0.25, 0.3) is 0 Å². The van der Waals surface area contributed by atoms with Crippen molar-refractivity contribution in [3.63, 3.8) is 0 Å². The molecule has 3 rings (SSSR count). The second kappa shape index (κ2) is 16.1. The van der Waals surface area contributed by atoms with Crippen LogP contribution in [-0.4, -0.2) is 66.4 Å². The Morgan fingerprint density at radius 1 is 1.16 bits per heavy atom. The molecule has 0 saturated heterocycles. The number of amides is 1. The Balaban J connectivity index is 1.83. The number of unbranched alkanes of at least 4 members (excludes halogenated alkanes) is 1. The van der Waals surface area contributed by atoms with Crippen LogP contribution in [0.1, 0.15) is 42.0 Å². The van der Waals surface area contributed by atoms with E-state index in [2.05, 4.69) is 21.7 Å². The molecule has 0 aliphatic carbocycles. The van der Waals surface area contributed by atoms with Crippen molar-refractivity contribution >= 4 is 21.8 Å². The Morgan fingerprint density at radius 2 is 1.89 bits per heavy atom. The molecule has 236 valence electrons. The zero-order valence-electron chi connectivity index (χ0n) is 24.6. The first-order valence-electron chi connectivity index (χ1n) is 14.1. The molecule has 1 aromatic heterocycles. The van der Waals surface area contributed by atoms with Crippen molar-refractivity contribution in [2.45, 2.75) is 57.8 Å². The number of aromatic nitrogens is 2. The predicted octanol–water partition coefficient (Wildman–Crippen LogP) is 2.86. The third-order valence-corrected chi connectivity index (χ3v) is 8.39. The molecule has 0 bridgehead atoms. The number of nitrogens with two attached hydrogens (primary N) is 1. The maximum atomic E-state index is 13.9. The molecule has 0 spiro atoms. The van der Waals surface area contributed by atoms with Gasteiger partial charge in [0.1, 0.15) is 23.8 Å². The molecule has 3 aromatic rings. The molecule has 3 atom stereocenters. The van der Waals surface area contributed by atoms with Gasteiger partial charge in [-0.1, -0.05) is 31.4 Å². The van der Waals surface area contributed by atoms with Gasteiger partial charge in [-0.2, -0.15) is 9.78 Å². The molecule has 0 aliphatic heterocycles. The van der Waals surface area contributed by atoms with E-state index in [0.717, 1.165) is 28.4 Å². The van der Waals surface area contributed by atoms with Crippen LogP contribution in [0.15, 0.2) is 54.9 Å². The van der Waals surface area contributed by atoms with E-state index in [1.54, 1.807) is 25.1 Å². The number of halogens is 2. The third kappa shape index (κ3) is 10.9. The van der Waals surface area contributed by atoms with E-state index >= 15 is 0 Å². The van der Waals surface area contributed by atoms with Gasteiger partial charge in [-0.15, -0.1) is 6.42 Å². The van der Waals surface area contributed by atoms with Crippen LogP contribution in [0, 0.1) is 30.9 Å². The number of benzene rings is 2. The maximum Gasteiger partial charge on any atom is 0.342 e. The highest BCUT2D eigenvalue weighted by atomic mass is 32.2. The molecule has 10 nitrogen and oxygen atoms in total. The van der Waals surface area contributed by atoms with Gasteiger partial charge in [0.05, 0.1) is 17.7 Å². The molecule has 1 heterocycles. The summed E-state index contributed by atoms with van der Waals surface area (Å²) in [5.41, 5.74) is 8.83. The molecule has 44 heavy (non-hydrogen) atoms. The van der Waals surface area contributed by atoms with Gasteiger partial charge >= 0.3 is 12.0 Å². The van der Waals surface area contributed by atoms with Crippen LogP contribution in [0.3, 0.4) is 0 Å². The highest BCUT2D eigenvalue weighted by molar-refractivity contribution is 7.91. The van der Waals surface area contributed by atoms with E-state index in [4.69, 9.17) is 16.9 Å². The molecule has 4 N–H and O–H groups in total. The van der Waals surface area contributed by atoms with Gasteiger partial charge in [0, 0.05) is 37.0 Å². The molecule has 0 radical (unpaired) electrons. The predicted molar refractivity (Wildman–Crippen MR) is 162 cm³/mol. The van der Waals surface area contributed by atoms with Crippen molar-refractivity contribution in [3.05, 3.63) is 88.7 Å². The second-order valence-electron chi connectivity index (χ2n) is 10.5. The van der Waals surface area contributed by atoms with E-state index in [9.17, 15) is 26.8 Å². The van der Waals surface area contributed by atoms with Gasteiger partial charge in [-0.25, -0.2) is 26.8 Å². The Kier molecular flexibility index (Phi) is 12.6. The molecule has 0 aliphatic rings. The summed E-state index contributed by atoms with van der Waals surface area (Å²) >= 11 is 0. The molecule has 1 amide bonds. The van der Waals surface area contributed by atoms with Crippen molar-refractivity contribution in [3.8, 4) is 12.3 Å². The number of hydrogen-bond donors (Lipinski definition) is 3. The normalized spacial score (nSPS) is 13.5. The number of nitrogens with zero attached hydrogens (tertiary/aromatic N) is 2. The van der Waals surface area contributed by atoms with Crippen molar-refractivity contribution in [1.82, 2.24) is 20.4 Å². The van der Waals surface area contributed by atoms with Gasteiger partial charge in [0.15, 0.2) is 9.84 Å². The van der Waals surface area contributed by atoms with Gasteiger partial charge in [-0.3, -0.25) is 0 Å². The van der Waals surface area contributed by atoms with Crippen LogP contribution in [-0.2, 0) is 32.3 Å². The van der Waals surface area contributed by atoms with Crippen LogP contribution in [0.4, 0.5) is 13.6 Å². The molecule has 2 aromatic carbocycles. The number of ether oxygens (including phenoxy) is 1. The number of nitrogens with one attached hydrogen (secondary N) is 2. The van der Waals surface area contributed by atoms with E-state index in [-0.39, 0.29) is 24.3 Å². The Hall–Kier alpha value is -4.12. The number of aryl methyl sites for hydroxylation is 1. The van der Waals surface area contributed by atoms with Crippen molar-refractivity contribution in [2.75, 3.05) is 18.1 Å². The second-order valence-corrected chi connectivity index (χ2v) is 12.8. The smallest absolute Gasteiger partial charge is 0.342 e. The van der Waals surface area contributed by atoms with Crippen molar-refractivity contribution in [2.24, 2.45) is 5.73 Å². The van der Waals surface area contributed by atoms with E-state index < -0.39 is 57.4 Å². The van der Waals surface area contributed by atoms with Crippen LogP contribution in [0.25, 0.3) is 0 Å². The number of rotatable bonds is 15. The lowest BCUT2D eigenvalue weighted by Gasteiger charge is -2.27. The zero-order valence-corrected chi connectivity index (χ0v) is 25.4. The fraction of sp³-hybridized carbons (Fsp3) is 0.387. The number of carbonyl (C=O) groups excluding carboxylic acids is 2. The highest BCUT2D eigenvalue weighted by Crippen LogP contribution is 2.14. The number of esters is 1. The topological polar surface area (TPSA) is 145 Å². The summed E-state index contributed by atoms with van der Waals surface area (Å²) in [6, 6.07) is 6.80. The molecule has 0 fully saturated rings. The molecule has 13 heteroatoms. The van der Waals surface area contributed by atoms with E-state index in [0.29, 0.717) is 30.5 Å². The van der Waals surface area contributed by atoms with Gasteiger partial charge in [0.2, 0.25) is 0 Å². The summed E-state index contributed by atoms with van der Waals surface area (Å²) in [6.45, 7) is 3.85. The van der Waals surface area contributed by atoms with Crippen molar-refractivity contribution < 1.29 is 31.5 Å². The minimum Gasteiger partial charge on any atom is -0.458 e. The monoisotopic (exact) mass is 629 g/mol. The minimum atomic E-state index is -3.78. The van der Waals surface area contributed by atoms with Crippen LogP contribution < -0.4 is 16.4 Å². The average Bonchev–Trinajstić information content (AvgIpc) is 3.41. The van der Waals surface area contributed by atoms with E-state index in [1.807, 2.05) is 13.0 Å². The number of carbonyl (C=O) groups is 2. The fourth-order valence-corrected chi connectivity index (χ4v) is 6.01. The SMILES string of the molecule is C#Cc1cccc(CNC[C@@H](OC(=O)[C@@H](CS(=O)(=O)CCCC)NC(=O)n2cc(C)cn2)[C@@H](N)Cc2cc(F)cc(F)c2)c1. The van der Waals surface area contributed by atoms with Crippen LogP contribution in [0.5, 0.6) is 0 Å². The van der Waals surface area contributed by atoms with Crippen LogP contribution in [0.2, 0.25) is 0 Å². The summed E-state index contributed by atoms with van der Waals surface area (Å²) in [5.74, 6) is -0.959. The average molecular weight is 630 g/mol. The first-order chi connectivity index (χ1) is 20.9. The third-order valence-electron chi connectivity index (χ3n) is 6.64. The molecule has 0 saturated carbocycles. The van der Waals surface area contributed by atoms with E-state index in [1.165, 1.54) is 12.4 Å². The lowest BCUT2D eigenvalue weighted by molar-refractivity contribution is -0.151. The lowest BCUT2D eigenvalue weighted by atomic mass is 10.0. The lowest BCUT2D eigenvalue weighted by Crippen LogP contribution is -2.52. The van der Waals surface area contributed by atoms with Crippen LogP contribution >= 0.6 is 0 Å². The highest BCUT2D eigenvalue weighted by Gasteiger charge is 2.32. The fourth-order valence-electron chi connectivity index (χ4n) is 4.38. The Bertz CT molecular complexity index is 1570. The summed E-state index contributed by atoms with van der Waals surface area (Å²) in [5, 5.41) is 9.46. The molecule has 0 unspecified atom stereocenters. The first-order valence-corrected chi connectivity index (χ1v) is 15.9. The standard InChI is InChI=1S/C31H37F2N5O5S/c1-4-6-10-44(41,42)20-28(37-31(40)38-19-21(3)16-36-38)30(39)43-29(18-35-17-23-9-7-8-22(5-2)11-23)27(34)14-24-12-25(32)15-26(33)13-24/h2,7-9,11-13,15-16,19,27-29,35H,4,6,10,14,17-18,20,34H2,1,3H3,(H,37,40)/t27-,28+,29+/m0/s1. The minimum absolute atomic E-state index is 0.00735. The number of terminal acetylenes is 1. The number of hydrogen-bond acceptors (Lipinski definition) is 8. The van der Waals surface area contributed by atoms with Gasteiger partial charge < -0.3 is 21.1 Å². The summed E-state index contributed by atoms with van der Waals surface area (Å²) < 4.78 is 60.1. The quantitative estimate of drug-likeness (QED) is 0.172. The largest absolute Gasteiger partial charge is 0.458 e. The summed E-state index contributed by atoms with van der Waals surface area (Å²) in [4.78, 5) is 26.3. The molecular weight excluding hydrogens is 592 g/mol. The Morgan fingerprint density at radius 3 is 2.52 bits per heavy atom. The Labute approximate surface area is 256 Å². The number of sulfone groups is 1. The van der Waals surface area contributed by atoms with Gasteiger partial charge in [-0.05, 0) is 60.7 Å². The van der Waals surface area contributed by atoms with Crippen molar-refractivity contribution in [1.29, 1.82) is 0 Å². The zero-order chi connectivity index (χ0) is 32.3.